The van der Waals surface area contributed by atoms with Gasteiger partial charge in [-0.1, -0.05) is 48.6 Å². The van der Waals surface area contributed by atoms with Crippen LogP contribution in [0.1, 0.15) is 51.0 Å². The molecule has 5 atom stereocenters. The highest BCUT2D eigenvalue weighted by Gasteiger charge is 2.39. The van der Waals surface area contributed by atoms with Crippen molar-refractivity contribution in [2.45, 2.75) is 70.2 Å². The van der Waals surface area contributed by atoms with Crippen molar-refractivity contribution in [1.82, 2.24) is 5.32 Å². The summed E-state index contributed by atoms with van der Waals surface area (Å²) in [5.74, 6) is -0.386. The number of allylic oxidation sites excluding steroid dienone is 2. The van der Waals surface area contributed by atoms with Crippen molar-refractivity contribution < 1.29 is 29.6 Å². The van der Waals surface area contributed by atoms with Gasteiger partial charge in [0.15, 0.2) is 0 Å². The third-order valence-electron chi connectivity index (χ3n) is 6.00. The fourth-order valence-corrected chi connectivity index (χ4v) is 4.27. The number of unbranched alkanes of at least 4 members (excludes halogenated alkanes) is 1. The molecule has 0 aliphatic heterocycles. The molecule has 1 aromatic rings. The van der Waals surface area contributed by atoms with E-state index < -0.39 is 24.5 Å². The molecule has 0 radical (unpaired) electrons. The molecule has 1 aromatic carbocycles. The predicted octanol–water partition coefficient (Wildman–Crippen LogP) is 3.85. The minimum atomic E-state index is -1.34. The molecule has 1 amide bonds. The van der Waals surface area contributed by atoms with Crippen molar-refractivity contribution in [2.24, 2.45) is 11.8 Å². The van der Waals surface area contributed by atoms with Gasteiger partial charge in [-0.3, -0.25) is 4.79 Å². The lowest BCUT2D eigenvalue weighted by atomic mass is 9.89. The number of carbonyl (C=O) groups is 2. The van der Waals surface area contributed by atoms with Gasteiger partial charge in [-0.05, 0) is 56.6 Å². The summed E-state index contributed by atoms with van der Waals surface area (Å²) in [4.78, 5) is 22.6. The van der Waals surface area contributed by atoms with E-state index in [4.69, 9.17) is 9.84 Å². The summed E-state index contributed by atoms with van der Waals surface area (Å²) < 4.78 is 5.03. The van der Waals surface area contributed by atoms with Crippen LogP contribution in [0.2, 0.25) is 0 Å². The van der Waals surface area contributed by atoms with Gasteiger partial charge in [0.05, 0.1) is 12.2 Å². The first-order valence-electron chi connectivity index (χ1n) is 11.8. The van der Waals surface area contributed by atoms with Crippen LogP contribution in [0.25, 0.3) is 0 Å². The molecule has 1 aliphatic rings. The molecule has 2 rings (SSSR count). The summed E-state index contributed by atoms with van der Waals surface area (Å²) in [5, 5.41) is 32.7. The minimum Gasteiger partial charge on any atom is -0.450 e. The Morgan fingerprint density at radius 1 is 1.18 bits per heavy atom. The van der Waals surface area contributed by atoms with Crippen LogP contribution in [0.3, 0.4) is 0 Å². The highest BCUT2D eigenvalue weighted by Crippen LogP contribution is 2.36. The predicted molar refractivity (Wildman–Crippen MR) is 127 cm³/mol. The van der Waals surface area contributed by atoms with Crippen LogP contribution in [-0.4, -0.2) is 52.2 Å². The second kappa shape index (κ2) is 14.5. The average Bonchev–Trinajstić information content (AvgIpc) is 3.05. The lowest BCUT2D eigenvalue weighted by molar-refractivity contribution is -0.121. The number of carboxylic acid groups (broad SMARTS) is 1. The van der Waals surface area contributed by atoms with Crippen LogP contribution in [0.4, 0.5) is 4.79 Å². The number of nitrogens with one attached hydrogen (secondary N) is 1. The van der Waals surface area contributed by atoms with Crippen LogP contribution < -0.4 is 5.32 Å². The topological polar surface area (TPSA) is 116 Å². The zero-order valence-corrected chi connectivity index (χ0v) is 19.3. The Kier molecular flexibility index (Phi) is 11.7. The Labute approximate surface area is 196 Å². The Hall–Kier alpha value is -2.64. The number of benzene rings is 1. The normalized spacial score (nSPS) is 23.7. The molecular weight excluding hydrogens is 422 g/mol. The van der Waals surface area contributed by atoms with Crippen LogP contribution in [0.5, 0.6) is 0 Å². The zero-order chi connectivity index (χ0) is 24.1. The van der Waals surface area contributed by atoms with Gasteiger partial charge in [0.2, 0.25) is 5.91 Å². The molecule has 1 saturated carbocycles. The maximum absolute atomic E-state index is 11.5. The van der Waals surface area contributed by atoms with E-state index in [1.807, 2.05) is 49.4 Å². The van der Waals surface area contributed by atoms with Gasteiger partial charge in [0.25, 0.3) is 0 Å². The Morgan fingerprint density at radius 2 is 1.94 bits per heavy atom. The van der Waals surface area contributed by atoms with E-state index in [-0.39, 0.29) is 17.7 Å². The van der Waals surface area contributed by atoms with Crippen molar-refractivity contribution in [1.29, 1.82) is 0 Å². The lowest BCUT2D eigenvalue weighted by Gasteiger charge is -2.20. The van der Waals surface area contributed by atoms with E-state index in [0.29, 0.717) is 38.6 Å². The standard InChI is InChI=1S/C26H37NO6/c1-2-27-25(30)13-9-4-3-8-12-21-22(24(29)18-23(21)28)17-16-20(33-26(31)32)15-14-19-10-6-5-7-11-19/h3,5-8,10-11,16-17,20-24,28-29H,2,4,9,12-15,18H2,1H3,(H,27,30)(H,31,32)/b8-3-,17-16+/t20-,21+,22+,23-,24+/m0/s1. The monoisotopic (exact) mass is 459 g/mol. The van der Waals surface area contributed by atoms with Crippen LogP contribution in [0, 0.1) is 11.8 Å². The maximum atomic E-state index is 11.5. The number of ether oxygens (including phenoxy) is 1. The summed E-state index contributed by atoms with van der Waals surface area (Å²) in [7, 11) is 0. The zero-order valence-electron chi connectivity index (χ0n) is 19.3. The molecule has 33 heavy (non-hydrogen) atoms. The molecule has 7 heteroatoms. The van der Waals surface area contributed by atoms with E-state index in [1.165, 1.54) is 0 Å². The second-order valence-corrected chi connectivity index (χ2v) is 8.50. The molecule has 0 saturated heterocycles. The maximum Gasteiger partial charge on any atom is 0.506 e. The number of amides is 1. The number of aliphatic hydroxyl groups excluding tert-OH is 2. The largest absolute Gasteiger partial charge is 0.506 e. The lowest BCUT2D eigenvalue weighted by Crippen LogP contribution is -2.22. The Bertz CT molecular complexity index is 778. The smallest absolute Gasteiger partial charge is 0.450 e. The number of aliphatic hydroxyl groups is 2. The Balaban J connectivity index is 1.91. The molecule has 4 N–H and O–H groups in total. The molecule has 182 valence electrons. The third-order valence-corrected chi connectivity index (χ3v) is 6.00. The van der Waals surface area contributed by atoms with Crippen molar-refractivity contribution in [2.75, 3.05) is 6.54 Å². The van der Waals surface area contributed by atoms with Gasteiger partial charge in [-0.2, -0.15) is 0 Å². The highest BCUT2D eigenvalue weighted by molar-refractivity contribution is 5.75. The molecule has 0 heterocycles. The number of carbonyl (C=O) groups excluding carboxylic acids is 1. The van der Waals surface area contributed by atoms with E-state index in [9.17, 15) is 19.8 Å². The molecule has 0 spiro atoms. The quantitative estimate of drug-likeness (QED) is 0.202. The second-order valence-electron chi connectivity index (χ2n) is 8.50. The first kappa shape index (κ1) is 26.6. The van der Waals surface area contributed by atoms with Crippen molar-refractivity contribution in [3.05, 3.63) is 60.2 Å². The van der Waals surface area contributed by atoms with Crippen molar-refractivity contribution in [3.8, 4) is 0 Å². The third kappa shape index (κ3) is 9.80. The van der Waals surface area contributed by atoms with Crippen LogP contribution in [0.15, 0.2) is 54.6 Å². The van der Waals surface area contributed by atoms with E-state index >= 15 is 0 Å². The van der Waals surface area contributed by atoms with E-state index in [1.54, 1.807) is 12.2 Å². The number of rotatable bonds is 13. The highest BCUT2D eigenvalue weighted by atomic mass is 16.7. The summed E-state index contributed by atoms with van der Waals surface area (Å²) in [6.07, 6.45) is 8.30. The van der Waals surface area contributed by atoms with Crippen molar-refractivity contribution >= 4 is 12.1 Å². The van der Waals surface area contributed by atoms with Gasteiger partial charge in [-0.15, -0.1) is 0 Å². The van der Waals surface area contributed by atoms with Gasteiger partial charge < -0.3 is 25.4 Å². The molecule has 0 aromatic heterocycles. The fraction of sp³-hybridized carbons (Fsp3) is 0.538. The van der Waals surface area contributed by atoms with Crippen LogP contribution in [-0.2, 0) is 16.0 Å². The van der Waals surface area contributed by atoms with Gasteiger partial charge in [-0.25, -0.2) is 4.79 Å². The molecule has 0 unspecified atom stereocenters. The summed E-state index contributed by atoms with van der Waals surface area (Å²) >= 11 is 0. The minimum absolute atomic E-state index is 0.0517. The molecule has 0 bridgehead atoms. The van der Waals surface area contributed by atoms with Gasteiger partial charge in [0.1, 0.15) is 6.10 Å². The number of hydrogen-bond acceptors (Lipinski definition) is 5. The Morgan fingerprint density at radius 3 is 2.64 bits per heavy atom. The first-order valence-corrected chi connectivity index (χ1v) is 11.8. The first-order chi connectivity index (χ1) is 15.9. The van der Waals surface area contributed by atoms with Crippen LogP contribution >= 0.6 is 0 Å². The molecule has 1 fully saturated rings. The summed E-state index contributed by atoms with van der Waals surface area (Å²) in [6.45, 7) is 2.53. The van der Waals surface area contributed by atoms with E-state index in [2.05, 4.69) is 5.32 Å². The fourth-order valence-electron chi connectivity index (χ4n) is 4.27. The number of hydrogen-bond donors (Lipinski definition) is 4. The molecule has 7 nitrogen and oxygen atoms in total. The van der Waals surface area contributed by atoms with Gasteiger partial charge in [0, 0.05) is 25.3 Å². The van der Waals surface area contributed by atoms with Crippen molar-refractivity contribution in [3.63, 3.8) is 0 Å². The average molecular weight is 460 g/mol. The summed E-state index contributed by atoms with van der Waals surface area (Å²) in [6, 6.07) is 9.77. The number of aryl methyl sites for hydroxylation is 1. The molecule has 1 aliphatic carbocycles. The van der Waals surface area contributed by atoms with Gasteiger partial charge >= 0.3 is 6.16 Å². The molecular formula is C26H37NO6. The SMILES string of the molecule is CCNC(=O)CCC/C=C\C[C@@H]1[C@@H](/C=C/[C@H](CCc2ccccc2)OC(=O)O)[C@H](O)C[C@@H]1O. The van der Waals surface area contributed by atoms with E-state index in [0.717, 1.165) is 18.4 Å². The summed E-state index contributed by atoms with van der Waals surface area (Å²) in [5.41, 5.74) is 1.09.